The predicted octanol–water partition coefficient (Wildman–Crippen LogP) is 2.09. The van der Waals surface area contributed by atoms with Crippen molar-refractivity contribution in [2.45, 2.75) is 45.1 Å². The molecule has 0 spiro atoms. The van der Waals surface area contributed by atoms with Crippen LogP contribution in [-0.4, -0.2) is 17.6 Å². The van der Waals surface area contributed by atoms with Crippen LogP contribution in [0.1, 0.15) is 44.2 Å². The largest absolute Gasteiger partial charge is 0.449 e. The zero-order valence-electron chi connectivity index (χ0n) is 8.92. The van der Waals surface area contributed by atoms with Crippen LogP contribution in [0.25, 0.3) is 0 Å². The number of rotatable bonds is 3. The average Bonchev–Trinajstić information content (AvgIpc) is 2.75. The molecular weight excluding hydrogens is 176 g/mol. The molecule has 1 aliphatic rings. The van der Waals surface area contributed by atoms with E-state index in [0.717, 1.165) is 24.6 Å². The van der Waals surface area contributed by atoms with Gasteiger partial charge in [-0.1, -0.05) is 13.8 Å². The summed E-state index contributed by atoms with van der Waals surface area (Å²) in [7, 11) is 0. The van der Waals surface area contributed by atoms with Crippen LogP contribution in [0, 0.1) is 0 Å². The molecule has 0 aliphatic carbocycles. The van der Waals surface area contributed by atoms with E-state index in [2.05, 4.69) is 24.1 Å². The summed E-state index contributed by atoms with van der Waals surface area (Å²) in [6, 6.07) is 0.577. The zero-order valence-corrected chi connectivity index (χ0v) is 8.92. The molecule has 0 amide bonds. The van der Waals surface area contributed by atoms with Gasteiger partial charge < -0.3 is 9.73 Å². The summed E-state index contributed by atoms with van der Waals surface area (Å²) < 4.78 is 5.44. The molecule has 2 heterocycles. The Balaban J connectivity index is 1.95. The fourth-order valence-corrected chi connectivity index (χ4v) is 1.83. The van der Waals surface area contributed by atoms with E-state index in [9.17, 15) is 0 Å². The monoisotopic (exact) mass is 194 g/mol. The van der Waals surface area contributed by atoms with Crippen LogP contribution in [0.3, 0.4) is 0 Å². The van der Waals surface area contributed by atoms with Crippen LogP contribution in [-0.2, 0) is 6.42 Å². The highest BCUT2D eigenvalue weighted by molar-refractivity contribution is 5.02. The molecule has 0 saturated carbocycles. The fourth-order valence-electron chi connectivity index (χ4n) is 1.83. The minimum Gasteiger partial charge on any atom is -0.449 e. The van der Waals surface area contributed by atoms with Crippen LogP contribution < -0.4 is 5.32 Å². The topological polar surface area (TPSA) is 38.1 Å². The molecule has 1 saturated heterocycles. The van der Waals surface area contributed by atoms with Gasteiger partial charge in [0.25, 0.3) is 0 Å². The van der Waals surface area contributed by atoms with Crippen LogP contribution in [0.15, 0.2) is 10.7 Å². The second-order valence-electron chi connectivity index (χ2n) is 4.32. The second-order valence-corrected chi connectivity index (χ2v) is 4.32. The molecule has 1 unspecified atom stereocenters. The highest BCUT2D eigenvalue weighted by Gasteiger charge is 2.17. The molecular formula is C11H18N2O. The van der Waals surface area contributed by atoms with Gasteiger partial charge in [-0.3, -0.25) is 0 Å². The minimum atomic E-state index is 0.462. The van der Waals surface area contributed by atoms with Crippen molar-refractivity contribution >= 4 is 0 Å². The summed E-state index contributed by atoms with van der Waals surface area (Å²) in [4.78, 5) is 4.47. The fraction of sp³-hybridized carbons (Fsp3) is 0.727. The molecule has 1 atom stereocenters. The van der Waals surface area contributed by atoms with E-state index in [0.29, 0.717) is 12.0 Å². The molecule has 1 aliphatic heterocycles. The van der Waals surface area contributed by atoms with E-state index in [-0.39, 0.29) is 0 Å². The van der Waals surface area contributed by atoms with Gasteiger partial charge in [0.05, 0.1) is 5.69 Å². The van der Waals surface area contributed by atoms with E-state index >= 15 is 0 Å². The lowest BCUT2D eigenvalue weighted by Crippen LogP contribution is -2.23. The Morgan fingerprint density at radius 3 is 3.07 bits per heavy atom. The highest BCUT2D eigenvalue weighted by atomic mass is 16.3. The molecule has 3 nitrogen and oxygen atoms in total. The molecule has 14 heavy (non-hydrogen) atoms. The van der Waals surface area contributed by atoms with Crippen molar-refractivity contribution < 1.29 is 4.42 Å². The normalized spacial score (nSPS) is 22.1. The number of hydrogen-bond donors (Lipinski definition) is 1. The second kappa shape index (κ2) is 4.13. The molecule has 1 N–H and O–H groups in total. The first-order chi connectivity index (χ1) is 6.75. The zero-order chi connectivity index (χ0) is 9.97. The molecule has 0 bridgehead atoms. The van der Waals surface area contributed by atoms with Crippen molar-refractivity contribution in [3.8, 4) is 0 Å². The van der Waals surface area contributed by atoms with Crippen molar-refractivity contribution in [1.82, 2.24) is 10.3 Å². The predicted molar refractivity (Wildman–Crippen MR) is 55.3 cm³/mol. The lowest BCUT2D eigenvalue weighted by Gasteiger charge is -2.05. The van der Waals surface area contributed by atoms with E-state index in [1.165, 1.54) is 12.8 Å². The average molecular weight is 194 g/mol. The van der Waals surface area contributed by atoms with Crippen molar-refractivity contribution in [2.75, 3.05) is 6.54 Å². The third kappa shape index (κ3) is 2.15. The quantitative estimate of drug-likeness (QED) is 0.800. The van der Waals surface area contributed by atoms with Gasteiger partial charge >= 0.3 is 0 Å². The first-order valence-corrected chi connectivity index (χ1v) is 5.43. The lowest BCUT2D eigenvalue weighted by atomic mass is 10.1. The lowest BCUT2D eigenvalue weighted by molar-refractivity contribution is 0.455. The maximum absolute atomic E-state index is 5.44. The number of hydrogen-bond acceptors (Lipinski definition) is 3. The van der Waals surface area contributed by atoms with Gasteiger partial charge in [-0.25, -0.2) is 4.98 Å². The first kappa shape index (κ1) is 9.71. The molecule has 2 rings (SSSR count). The molecule has 3 heteroatoms. The Hall–Kier alpha value is -0.830. The Kier molecular flexibility index (Phi) is 2.87. The smallest absolute Gasteiger partial charge is 0.195 e. The van der Waals surface area contributed by atoms with E-state index < -0.39 is 0 Å². The van der Waals surface area contributed by atoms with Crippen molar-refractivity contribution in [3.05, 3.63) is 17.8 Å². The van der Waals surface area contributed by atoms with Gasteiger partial charge in [-0.05, 0) is 25.3 Å². The summed E-state index contributed by atoms with van der Waals surface area (Å²) >= 11 is 0. The molecule has 1 aromatic rings. The maximum Gasteiger partial charge on any atom is 0.195 e. The van der Waals surface area contributed by atoms with E-state index in [1.807, 2.05) is 0 Å². The first-order valence-electron chi connectivity index (χ1n) is 5.43. The summed E-state index contributed by atoms with van der Waals surface area (Å²) in [5, 5.41) is 3.44. The Morgan fingerprint density at radius 2 is 2.50 bits per heavy atom. The number of oxazole rings is 1. The third-order valence-electron chi connectivity index (χ3n) is 2.74. The van der Waals surface area contributed by atoms with Crippen molar-refractivity contribution in [1.29, 1.82) is 0 Å². The van der Waals surface area contributed by atoms with Gasteiger partial charge in [0.15, 0.2) is 5.89 Å². The highest BCUT2D eigenvalue weighted by Crippen LogP contribution is 2.16. The maximum atomic E-state index is 5.44. The van der Waals surface area contributed by atoms with Crippen LogP contribution in [0.5, 0.6) is 0 Å². The van der Waals surface area contributed by atoms with Gasteiger partial charge in [-0.2, -0.15) is 0 Å². The van der Waals surface area contributed by atoms with Crippen molar-refractivity contribution in [3.63, 3.8) is 0 Å². The molecule has 1 aromatic heterocycles. The SMILES string of the molecule is CC(C)c1coc(CC2CCCN2)n1. The van der Waals surface area contributed by atoms with Gasteiger partial charge in [0.2, 0.25) is 0 Å². The summed E-state index contributed by atoms with van der Waals surface area (Å²) in [6.07, 6.45) is 5.25. The minimum absolute atomic E-state index is 0.462. The van der Waals surface area contributed by atoms with Crippen LogP contribution in [0.2, 0.25) is 0 Å². The number of nitrogens with zero attached hydrogens (tertiary/aromatic N) is 1. The number of nitrogens with one attached hydrogen (secondary N) is 1. The van der Waals surface area contributed by atoms with Crippen LogP contribution in [0.4, 0.5) is 0 Å². The van der Waals surface area contributed by atoms with E-state index in [4.69, 9.17) is 4.42 Å². The summed E-state index contributed by atoms with van der Waals surface area (Å²) in [6.45, 7) is 5.41. The Bertz CT molecular complexity index is 287. The van der Waals surface area contributed by atoms with Crippen molar-refractivity contribution in [2.24, 2.45) is 0 Å². The molecule has 0 radical (unpaired) electrons. The van der Waals surface area contributed by atoms with E-state index in [1.54, 1.807) is 6.26 Å². The number of aromatic nitrogens is 1. The Labute approximate surface area is 84.9 Å². The van der Waals surface area contributed by atoms with Crippen LogP contribution >= 0.6 is 0 Å². The third-order valence-corrected chi connectivity index (χ3v) is 2.74. The summed E-state index contributed by atoms with van der Waals surface area (Å²) in [5.41, 5.74) is 1.07. The summed E-state index contributed by atoms with van der Waals surface area (Å²) in [5.74, 6) is 1.34. The van der Waals surface area contributed by atoms with Gasteiger partial charge in [-0.15, -0.1) is 0 Å². The Morgan fingerprint density at radius 1 is 1.64 bits per heavy atom. The molecule has 0 aromatic carbocycles. The molecule has 78 valence electrons. The van der Waals surface area contributed by atoms with Gasteiger partial charge in [0, 0.05) is 12.5 Å². The molecule has 1 fully saturated rings. The van der Waals surface area contributed by atoms with Gasteiger partial charge in [0.1, 0.15) is 6.26 Å². The standard InChI is InChI=1S/C11H18N2O/c1-8(2)10-7-14-11(13-10)6-9-4-3-5-12-9/h7-9,12H,3-6H2,1-2H3.